The van der Waals surface area contributed by atoms with Crippen LogP contribution in [0.25, 0.3) is 0 Å². The van der Waals surface area contributed by atoms with Gasteiger partial charge in [-0.3, -0.25) is 4.79 Å². The van der Waals surface area contributed by atoms with E-state index in [2.05, 4.69) is 43.8 Å². The summed E-state index contributed by atoms with van der Waals surface area (Å²) in [5.74, 6) is 0.125. The van der Waals surface area contributed by atoms with Crippen molar-refractivity contribution in [2.24, 2.45) is 0 Å². The molecular weight excluding hydrogens is 407 g/mol. The predicted octanol–water partition coefficient (Wildman–Crippen LogP) is 2.88. The molecule has 0 radical (unpaired) electrons. The molecule has 1 unspecified atom stereocenters. The molecule has 1 fully saturated rings. The summed E-state index contributed by atoms with van der Waals surface area (Å²) in [5.41, 5.74) is 0.763. The van der Waals surface area contributed by atoms with E-state index in [1.165, 1.54) is 0 Å². The number of nitrogens with one attached hydrogen (secondary N) is 1. The van der Waals surface area contributed by atoms with Crippen molar-refractivity contribution < 1.29 is 4.79 Å². The van der Waals surface area contributed by atoms with E-state index in [0.29, 0.717) is 6.04 Å². The molecule has 0 aromatic heterocycles. The second-order valence-electron chi connectivity index (χ2n) is 4.50. The van der Waals surface area contributed by atoms with Gasteiger partial charge in [-0.15, -0.1) is 0 Å². The molecule has 98 valence electrons. The van der Waals surface area contributed by atoms with E-state index in [9.17, 15) is 4.79 Å². The topological polar surface area (TPSA) is 32.3 Å². The third-order valence-electron chi connectivity index (χ3n) is 3.28. The summed E-state index contributed by atoms with van der Waals surface area (Å²) in [6, 6.07) is 6.29. The summed E-state index contributed by atoms with van der Waals surface area (Å²) >= 11 is 5.70. The van der Waals surface area contributed by atoms with Crippen molar-refractivity contribution in [3.63, 3.8) is 0 Å². The van der Waals surface area contributed by atoms with Crippen LogP contribution in [0.4, 0.5) is 0 Å². The van der Waals surface area contributed by atoms with Gasteiger partial charge >= 0.3 is 0 Å². The van der Waals surface area contributed by atoms with E-state index in [1.807, 2.05) is 30.1 Å². The van der Waals surface area contributed by atoms with Crippen molar-refractivity contribution in [3.8, 4) is 0 Å². The lowest BCUT2D eigenvalue weighted by atomic mass is 10.0. The van der Waals surface area contributed by atoms with Crippen molar-refractivity contribution in [1.29, 1.82) is 0 Å². The Labute approximate surface area is 130 Å². The minimum Gasteiger partial charge on any atom is -0.337 e. The van der Waals surface area contributed by atoms with Gasteiger partial charge in [-0.25, -0.2) is 0 Å². The number of hydrogen-bond donors (Lipinski definition) is 1. The van der Waals surface area contributed by atoms with Crippen molar-refractivity contribution >= 4 is 44.4 Å². The smallest absolute Gasteiger partial charge is 0.255 e. The molecule has 5 heteroatoms. The Balaban J connectivity index is 2.17. The average molecular weight is 423 g/mol. The molecule has 0 aliphatic carbocycles. The van der Waals surface area contributed by atoms with Crippen LogP contribution in [0.15, 0.2) is 22.7 Å². The van der Waals surface area contributed by atoms with Gasteiger partial charge in [0, 0.05) is 27.2 Å². The van der Waals surface area contributed by atoms with Gasteiger partial charge in [-0.05, 0) is 76.6 Å². The van der Waals surface area contributed by atoms with Gasteiger partial charge in [-0.2, -0.15) is 0 Å². The SMILES string of the molecule is CNC1CCCN(C(=O)c2cc(I)ccc2Br)C1. The summed E-state index contributed by atoms with van der Waals surface area (Å²) in [6.45, 7) is 1.65. The summed E-state index contributed by atoms with van der Waals surface area (Å²) in [6.07, 6.45) is 2.21. The Morgan fingerprint density at radius 2 is 2.33 bits per heavy atom. The Morgan fingerprint density at radius 3 is 3.06 bits per heavy atom. The molecule has 1 heterocycles. The summed E-state index contributed by atoms with van der Waals surface area (Å²) in [4.78, 5) is 14.4. The van der Waals surface area contributed by atoms with Crippen LogP contribution in [-0.4, -0.2) is 37.0 Å². The maximum atomic E-state index is 12.5. The Hall–Kier alpha value is -0.140. The highest BCUT2D eigenvalue weighted by atomic mass is 127. The maximum Gasteiger partial charge on any atom is 0.255 e. The van der Waals surface area contributed by atoms with Crippen LogP contribution in [0.1, 0.15) is 23.2 Å². The highest BCUT2D eigenvalue weighted by molar-refractivity contribution is 14.1. The third kappa shape index (κ3) is 3.24. The first-order valence-corrected chi connectivity index (χ1v) is 7.90. The third-order valence-corrected chi connectivity index (χ3v) is 4.64. The van der Waals surface area contributed by atoms with E-state index >= 15 is 0 Å². The van der Waals surface area contributed by atoms with Crippen LogP contribution in [0.2, 0.25) is 0 Å². The van der Waals surface area contributed by atoms with E-state index in [1.54, 1.807) is 0 Å². The molecule has 3 nitrogen and oxygen atoms in total. The minimum absolute atomic E-state index is 0.125. The van der Waals surface area contributed by atoms with E-state index in [4.69, 9.17) is 0 Å². The second kappa shape index (κ2) is 6.34. The monoisotopic (exact) mass is 422 g/mol. The standard InChI is InChI=1S/C13H16BrIN2O/c1-16-10-3-2-6-17(8-10)13(18)11-7-9(15)4-5-12(11)14/h4-5,7,10,16H,2-3,6,8H2,1H3. The van der Waals surface area contributed by atoms with Crippen LogP contribution in [-0.2, 0) is 0 Å². The first kappa shape index (κ1) is 14.3. The summed E-state index contributed by atoms with van der Waals surface area (Å²) in [5, 5.41) is 3.26. The quantitative estimate of drug-likeness (QED) is 0.743. The lowest BCUT2D eigenvalue weighted by Crippen LogP contribution is -2.47. The van der Waals surface area contributed by atoms with Gasteiger partial charge in [-0.1, -0.05) is 0 Å². The number of rotatable bonds is 2. The van der Waals surface area contributed by atoms with Crippen molar-refractivity contribution in [2.45, 2.75) is 18.9 Å². The highest BCUT2D eigenvalue weighted by Gasteiger charge is 2.24. The molecule has 0 spiro atoms. The van der Waals surface area contributed by atoms with E-state index < -0.39 is 0 Å². The zero-order valence-electron chi connectivity index (χ0n) is 10.2. The van der Waals surface area contributed by atoms with Gasteiger partial charge in [0.25, 0.3) is 5.91 Å². The number of carbonyl (C=O) groups excluding carboxylic acids is 1. The average Bonchev–Trinajstić information content (AvgIpc) is 2.41. The number of halogens is 2. The van der Waals surface area contributed by atoms with E-state index in [0.717, 1.165) is 39.5 Å². The van der Waals surface area contributed by atoms with Gasteiger partial charge in [0.1, 0.15) is 0 Å². The number of amides is 1. The summed E-state index contributed by atoms with van der Waals surface area (Å²) < 4.78 is 1.96. The fourth-order valence-electron chi connectivity index (χ4n) is 2.23. The molecule has 1 aromatic carbocycles. The number of hydrogen-bond acceptors (Lipinski definition) is 2. The number of benzene rings is 1. The van der Waals surface area contributed by atoms with Crippen molar-refractivity contribution in [2.75, 3.05) is 20.1 Å². The van der Waals surface area contributed by atoms with Gasteiger partial charge in [0.15, 0.2) is 0 Å². The van der Waals surface area contributed by atoms with Crippen LogP contribution in [0, 0.1) is 3.57 Å². The van der Waals surface area contributed by atoms with Crippen molar-refractivity contribution in [1.82, 2.24) is 10.2 Å². The number of likely N-dealkylation sites (N-methyl/N-ethyl adjacent to an activating group) is 1. The number of likely N-dealkylation sites (tertiary alicyclic amines) is 1. The molecule has 1 atom stereocenters. The lowest BCUT2D eigenvalue weighted by Gasteiger charge is -2.32. The number of piperidine rings is 1. The Kier molecular flexibility index (Phi) is 5.03. The van der Waals surface area contributed by atoms with Gasteiger partial charge in [0.05, 0.1) is 5.56 Å². The molecule has 1 aliphatic rings. The molecule has 2 rings (SSSR count). The molecule has 1 aromatic rings. The van der Waals surface area contributed by atoms with Crippen molar-refractivity contribution in [3.05, 3.63) is 31.8 Å². The minimum atomic E-state index is 0.125. The summed E-state index contributed by atoms with van der Waals surface area (Å²) in [7, 11) is 1.96. The largest absolute Gasteiger partial charge is 0.337 e. The first-order chi connectivity index (χ1) is 8.61. The predicted molar refractivity (Wildman–Crippen MR) is 84.8 cm³/mol. The zero-order chi connectivity index (χ0) is 13.1. The molecule has 1 N–H and O–H groups in total. The number of nitrogens with zero attached hydrogens (tertiary/aromatic N) is 1. The molecule has 1 aliphatic heterocycles. The molecular formula is C13H16BrIN2O. The Bertz CT molecular complexity index is 453. The molecule has 1 amide bonds. The van der Waals surface area contributed by atoms with Crippen LogP contribution >= 0.6 is 38.5 Å². The molecule has 0 bridgehead atoms. The fraction of sp³-hybridized carbons (Fsp3) is 0.462. The lowest BCUT2D eigenvalue weighted by molar-refractivity contribution is 0.0697. The van der Waals surface area contributed by atoms with Crippen LogP contribution < -0.4 is 5.32 Å². The maximum absolute atomic E-state index is 12.5. The molecule has 1 saturated heterocycles. The van der Waals surface area contributed by atoms with Crippen LogP contribution in [0.5, 0.6) is 0 Å². The normalized spacial score (nSPS) is 19.9. The van der Waals surface area contributed by atoms with Crippen LogP contribution in [0.3, 0.4) is 0 Å². The Morgan fingerprint density at radius 1 is 1.56 bits per heavy atom. The zero-order valence-corrected chi connectivity index (χ0v) is 14.0. The molecule has 0 saturated carbocycles. The second-order valence-corrected chi connectivity index (χ2v) is 6.60. The first-order valence-electron chi connectivity index (χ1n) is 6.03. The van der Waals surface area contributed by atoms with E-state index in [-0.39, 0.29) is 5.91 Å². The molecule has 18 heavy (non-hydrogen) atoms. The highest BCUT2D eigenvalue weighted by Crippen LogP contribution is 2.22. The fourth-order valence-corrected chi connectivity index (χ4v) is 3.14. The number of carbonyl (C=O) groups is 1. The van der Waals surface area contributed by atoms with Gasteiger partial charge in [0.2, 0.25) is 0 Å². The van der Waals surface area contributed by atoms with Gasteiger partial charge < -0.3 is 10.2 Å².